The van der Waals surface area contributed by atoms with Crippen LogP contribution in [0.25, 0.3) is 0 Å². The van der Waals surface area contributed by atoms with Crippen molar-refractivity contribution < 1.29 is 13.2 Å². The number of carbonyl (C=O) groups excluding carboxylic acids is 1. The SMILES string of the molecule is CC(C)[C@H](C)NC(=O)CNS(=O)(=O)c1ccc(Cl)s1. The quantitative estimate of drug-likeness (QED) is 0.838. The molecule has 0 saturated carbocycles. The second-order valence-corrected chi connectivity index (χ2v) is 8.19. The van der Waals surface area contributed by atoms with E-state index >= 15 is 0 Å². The highest BCUT2D eigenvalue weighted by Gasteiger charge is 2.18. The number of carbonyl (C=O) groups is 1. The van der Waals surface area contributed by atoms with Gasteiger partial charge in [0, 0.05) is 6.04 Å². The fourth-order valence-electron chi connectivity index (χ4n) is 1.15. The Balaban J connectivity index is 2.55. The van der Waals surface area contributed by atoms with Crippen LogP contribution in [-0.2, 0) is 14.8 Å². The van der Waals surface area contributed by atoms with Crippen molar-refractivity contribution in [2.45, 2.75) is 31.0 Å². The summed E-state index contributed by atoms with van der Waals surface area (Å²) in [6.45, 7) is 5.54. The van der Waals surface area contributed by atoms with E-state index in [1.807, 2.05) is 20.8 Å². The predicted molar refractivity (Wildman–Crippen MR) is 77.0 cm³/mol. The number of hydrogen-bond acceptors (Lipinski definition) is 4. The molecule has 1 aromatic heterocycles. The minimum Gasteiger partial charge on any atom is -0.352 e. The maximum Gasteiger partial charge on any atom is 0.250 e. The topological polar surface area (TPSA) is 75.3 Å². The van der Waals surface area contributed by atoms with Crippen molar-refractivity contribution in [1.29, 1.82) is 0 Å². The number of amides is 1. The molecule has 2 N–H and O–H groups in total. The van der Waals surface area contributed by atoms with E-state index < -0.39 is 10.0 Å². The third-order valence-corrected chi connectivity index (χ3v) is 5.75. The second-order valence-electron chi connectivity index (χ2n) is 4.48. The van der Waals surface area contributed by atoms with Gasteiger partial charge in [-0.2, -0.15) is 0 Å². The van der Waals surface area contributed by atoms with Crippen LogP contribution in [0.1, 0.15) is 20.8 Å². The molecule has 1 amide bonds. The highest BCUT2D eigenvalue weighted by Crippen LogP contribution is 2.25. The number of sulfonamides is 1. The van der Waals surface area contributed by atoms with Crippen LogP contribution in [0.3, 0.4) is 0 Å². The Morgan fingerprint density at radius 1 is 1.37 bits per heavy atom. The van der Waals surface area contributed by atoms with Crippen LogP contribution in [0.2, 0.25) is 4.34 Å². The predicted octanol–water partition coefficient (Wildman–Crippen LogP) is 1.84. The molecule has 0 bridgehead atoms. The Bertz CT molecular complexity index is 540. The summed E-state index contributed by atoms with van der Waals surface area (Å²) in [5.74, 6) is -0.0657. The lowest BCUT2D eigenvalue weighted by Gasteiger charge is -2.17. The molecule has 1 heterocycles. The first-order chi connectivity index (χ1) is 8.72. The van der Waals surface area contributed by atoms with Crippen molar-refractivity contribution in [3.05, 3.63) is 16.5 Å². The van der Waals surface area contributed by atoms with Crippen molar-refractivity contribution in [3.63, 3.8) is 0 Å². The summed E-state index contributed by atoms with van der Waals surface area (Å²) in [5.41, 5.74) is 0. The third-order valence-electron chi connectivity index (χ3n) is 2.62. The monoisotopic (exact) mass is 324 g/mol. The summed E-state index contributed by atoms with van der Waals surface area (Å²) >= 11 is 6.63. The molecular formula is C11H17ClN2O3S2. The highest BCUT2D eigenvalue weighted by molar-refractivity contribution is 7.91. The molecule has 0 saturated heterocycles. The van der Waals surface area contributed by atoms with Crippen LogP contribution in [0.5, 0.6) is 0 Å². The van der Waals surface area contributed by atoms with Crippen LogP contribution < -0.4 is 10.0 Å². The number of nitrogens with one attached hydrogen (secondary N) is 2. The van der Waals surface area contributed by atoms with E-state index in [4.69, 9.17) is 11.6 Å². The van der Waals surface area contributed by atoms with Gasteiger partial charge >= 0.3 is 0 Å². The van der Waals surface area contributed by atoms with E-state index in [-0.39, 0.29) is 28.6 Å². The van der Waals surface area contributed by atoms with E-state index in [9.17, 15) is 13.2 Å². The summed E-state index contributed by atoms with van der Waals surface area (Å²) in [6, 6.07) is 2.90. The lowest BCUT2D eigenvalue weighted by molar-refractivity contribution is -0.120. The minimum atomic E-state index is -3.67. The van der Waals surface area contributed by atoms with Crippen molar-refractivity contribution in [2.24, 2.45) is 5.92 Å². The molecule has 0 unspecified atom stereocenters. The van der Waals surface area contributed by atoms with Crippen molar-refractivity contribution in [3.8, 4) is 0 Å². The molecule has 1 aromatic rings. The van der Waals surface area contributed by atoms with E-state index in [1.165, 1.54) is 12.1 Å². The molecule has 19 heavy (non-hydrogen) atoms. The normalized spacial score (nSPS) is 13.5. The van der Waals surface area contributed by atoms with E-state index in [1.54, 1.807) is 0 Å². The van der Waals surface area contributed by atoms with Gasteiger partial charge in [-0.15, -0.1) is 11.3 Å². The largest absolute Gasteiger partial charge is 0.352 e. The van der Waals surface area contributed by atoms with Crippen LogP contribution in [0, 0.1) is 5.92 Å². The fraction of sp³-hybridized carbons (Fsp3) is 0.545. The molecular weight excluding hydrogens is 308 g/mol. The molecule has 1 atom stereocenters. The molecule has 0 aliphatic rings. The van der Waals surface area contributed by atoms with E-state index in [0.29, 0.717) is 4.34 Å². The molecule has 0 aliphatic carbocycles. The van der Waals surface area contributed by atoms with Gasteiger partial charge in [-0.1, -0.05) is 25.4 Å². The van der Waals surface area contributed by atoms with Gasteiger partial charge in [0.05, 0.1) is 10.9 Å². The highest BCUT2D eigenvalue weighted by atomic mass is 35.5. The molecule has 0 fully saturated rings. The third kappa shape index (κ3) is 5.10. The lowest BCUT2D eigenvalue weighted by Crippen LogP contribution is -2.42. The second kappa shape index (κ2) is 6.69. The molecule has 0 aliphatic heterocycles. The molecule has 0 radical (unpaired) electrons. The maximum absolute atomic E-state index is 11.8. The summed E-state index contributed by atoms with van der Waals surface area (Å²) in [4.78, 5) is 11.6. The summed E-state index contributed by atoms with van der Waals surface area (Å²) in [7, 11) is -3.67. The average Bonchev–Trinajstić information content (AvgIpc) is 2.74. The Kier molecular flexibility index (Phi) is 5.79. The van der Waals surface area contributed by atoms with Crippen LogP contribution in [-0.4, -0.2) is 26.9 Å². The molecule has 5 nitrogen and oxygen atoms in total. The molecule has 1 rings (SSSR count). The number of rotatable bonds is 6. The molecule has 108 valence electrons. The Hall–Kier alpha value is -0.630. The molecule has 8 heteroatoms. The van der Waals surface area contributed by atoms with Gasteiger partial charge in [-0.25, -0.2) is 13.1 Å². The Labute approximate surface area is 122 Å². The number of hydrogen-bond donors (Lipinski definition) is 2. The van der Waals surface area contributed by atoms with Gasteiger partial charge in [0.1, 0.15) is 4.21 Å². The van der Waals surface area contributed by atoms with Crippen molar-refractivity contribution in [1.82, 2.24) is 10.0 Å². The lowest BCUT2D eigenvalue weighted by atomic mass is 10.1. The zero-order valence-corrected chi connectivity index (χ0v) is 13.3. The van der Waals surface area contributed by atoms with Gasteiger partial charge < -0.3 is 5.32 Å². The summed E-state index contributed by atoms with van der Waals surface area (Å²) < 4.78 is 26.4. The average molecular weight is 325 g/mol. The molecule has 0 spiro atoms. The summed E-state index contributed by atoms with van der Waals surface area (Å²) in [5, 5.41) is 2.72. The minimum absolute atomic E-state index is 0.00631. The fourth-order valence-corrected chi connectivity index (χ4v) is 3.65. The van der Waals surface area contributed by atoms with Gasteiger partial charge in [0.2, 0.25) is 5.91 Å². The summed E-state index contributed by atoms with van der Waals surface area (Å²) in [6.07, 6.45) is 0. The standard InChI is InChI=1S/C11H17ClN2O3S2/c1-7(2)8(3)14-10(15)6-13-19(16,17)11-5-4-9(12)18-11/h4-5,7-8,13H,6H2,1-3H3,(H,14,15)/t8-/m0/s1. The smallest absolute Gasteiger partial charge is 0.250 e. The Morgan fingerprint density at radius 2 is 2.00 bits per heavy atom. The first-order valence-electron chi connectivity index (χ1n) is 5.76. The van der Waals surface area contributed by atoms with Crippen molar-refractivity contribution in [2.75, 3.05) is 6.54 Å². The van der Waals surface area contributed by atoms with Crippen LogP contribution >= 0.6 is 22.9 Å². The number of thiophene rings is 1. The zero-order chi connectivity index (χ0) is 14.6. The first-order valence-corrected chi connectivity index (χ1v) is 8.44. The van der Waals surface area contributed by atoms with Crippen LogP contribution in [0.4, 0.5) is 0 Å². The van der Waals surface area contributed by atoms with Gasteiger partial charge in [0.25, 0.3) is 10.0 Å². The van der Waals surface area contributed by atoms with E-state index in [0.717, 1.165) is 11.3 Å². The number of halogens is 1. The molecule has 0 aromatic carbocycles. The van der Waals surface area contributed by atoms with Gasteiger partial charge in [-0.3, -0.25) is 4.79 Å². The maximum atomic E-state index is 11.8. The van der Waals surface area contributed by atoms with Crippen LogP contribution in [0.15, 0.2) is 16.3 Å². The zero-order valence-electron chi connectivity index (χ0n) is 10.9. The first kappa shape index (κ1) is 16.4. The van der Waals surface area contributed by atoms with Gasteiger partial charge in [-0.05, 0) is 25.0 Å². The van der Waals surface area contributed by atoms with E-state index in [2.05, 4.69) is 10.0 Å². The Morgan fingerprint density at radius 3 is 2.47 bits per heavy atom. The van der Waals surface area contributed by atoms with Crippen molar-refractivity contribution >= 4 is 38.9 Å². The van der Waals surface area contributed by atoms with Gasteiger partial charge in [0.15, 0.2) is 0 Å².